The molecule has 0 saturated carbocycles. The SMILES string of the molecule is CC(C)(C)c1ccc(OCCNC(=O)CCC(=O)N(CCC#N)c2ccccc2)cc1. The van der Waals surface area contributed by atoms with Gasteiger partial charge < -0.3 is 15.0 Å². The third-order valence-electron chi connectivity index (χ3n) is 4.80. The number of para-hydroxylation sites is 1. The lowest BCUT2D eigenvalue weighted by molar-refractivity contribution is -0.125. The van der Waals surface area contributed by atoms with Crippen molar-refractivity contribution in [3.8, 4) is 11.8 Å². The van der Waals surface area contributed by atoms with Crippen LogP contribution in [-0.2, 0) is 15.0 Å². The smallest absolute Gasteiger partial charge is 0.227 e. The number of nitrogens with zero attached hydrogens (tertiary/aromatic N) is 2. The highest BCUT2D eigenvalue weighted by atomic mass is 16.5. The first-order chi connectivity index (χ1) is 14.8. The van der Waals surface area contributed by atoms with Gasteiger partial charge >= 0.3 is 0 Å². The Labute approximate surface area is 184 Å². The molecule has 6 heteroatoms. The third-order valence-corrected chi connectivity index (χ3v) is 4.80. The van der Waals surface area contributed by atoms with Crippen LogP contribution in [0, 0.1) is 11.3 Å². The molecule has 2 aromatic rings. The molecule has 0 heterocycles. The second-order valence-electron chi connectivity index (χ2n) is 8.26. The molecule has 0 bridgehead atoms. The molecule has 0 unspecified atom stereocenters. The van der Waals surface area contributed by atoms with E-state index in [9.17, 15) is 9.59 Å². The summed E-state index contributed by atoms with van der Waals surface area (Å²) >= 11 is 0. The second-order valence-corrected chi connectivity index (χ2v) is 8.26. The van der Waals surface area contributed by atoms with Crippen LogP contribution in [0.1, 0.15) is 45.6 Å². The summed E-state index contributed by atoms with van der Waals surface area (Å²) in [6.07, 6.45) is 0.414. The van der Waals surface area contributed by atoms with Crippen molar-refractivity contribution in [3.05, 3.63) is 60.2 Å². The van der Waals surface area contributed by atoms with E-state index >= 15 is 0 Å². The molecule has 2 amide bonds. The lowest BCUT2D eigenvalue weighted by atomic mass is 9.87. The Morgan fingerprint density at radius 3 is 2.32 bits per heavy atom. The maximum atomic E-state index is 12.6. The van der Waals surface area contributed by atoms with Gasteiger partial charge in [0.2, 0.25) is 11.8 Å². The van der Waals surface area contributed by atoms with Crippen molar-refractivity contribution in [1.82, 2.24) is 5.32 Å². The van der Waals surface area contributed by atoms with Crippen LogP contribution < -0.4 is 15.0 Å². The molecule has 0 saturated heterocycles. The zero-order valence-corrected chi connectivity index (χ0v) is 18.6. The summed E-state index contributed by atoms with van der Waals surface area (Å²) in [6, 6.07) is 19.2. The largest absolute Gasteiger partial charge is 0.492 e. The van der Waals surface area contributed by atoms with Crippen LogP contribution in [0.5, 0.6) is 5.75 Å². The highest BCUT2D eigenvalue weighted by Crippen LogP contribution is 2.24. The maximum Gasteiger partial charge on any atom is 0.227 e. The highest BCUT2D eigenvalue weighted by Gasteiger charge is 2.16. The minimum Gasteiger partial charge on any atom is -0.492 e. The van der Waals surface area contributed by atoms with Gasteiger partial charge in [-0.2, -0.15) is 5.26 Å². The maximum absolute atomic E-state index is 12.6. The molecule has 0 aliphatic carbocycles. The summed E-state index contributed by atoms with van der Waals surface area (Å²) in [6.45, 7) is 7.50. The summed E-state index contributed by atoms with van der Waals surface area (Å²) in [7, 11) is 0. The Balaban J connectivity index is 1.73. The Kier molecular flexibility index (Phi) is 9.08. The van der Waals surface area contributed by atoms with Gasteiger partial charge in [0.1, 0.15) is 12.4 Å². The molecule has 0 fully saturated rings. The molecule has 164 valence electrons. The lowest BCUT2D eigenvalue weighted by Gasteiger charge is -2.21. The molecule has 31 heavy (non-hydrogen) atoms. The summed E-state index contributed by atoms with van der Waals surface area (Å²) in [5.41, 5.74) is 2.06. The topological polar surface area (TPSA) is 82.4 Å². The Morgan fingerprint density at radius 2 is 1.71 bits per heavy atom. The van der Waals surface area contributed by atoms with Gasteiger partial charge in [0.05, 0.1) is 19.0 Å². The third kappa shape index (κ3) is 8.13. The number of hydrogen-bond donors (Lipinski definition) is 1. The lowest BCUT2D eigenvalue weighted by Crippen LogP contribution is -2.34. The van der Waals surface area contributed by atoms with Gasteiger partial charge in [-0.15, -0.1) is 0 Å². The first-order valence-corrected chi connectivity index (χ1v) is 10.5. The molecule has 0 atom stereocenters. The van der Waals surface area contributed by atoms with Crippen LogP contribution in [0.15, 0.2) is 54.6 Å². The Hall–Kier alpha value is -3.33. The van der Waals surface area contributed by atoms with Gasteiger partial charge in [-0.3, -0.25) is 9.59 Å². The summed E-state index contributed by atoms with van der Waals surface area (Å²) < 4.78 is 5.67. The van der Waals surface area contributed by atoms with Crippen molar-refractivity contribution in [2.45, 2.75) is 45.4 Å². The summed E-state index contributed by atoms with van der Waals surface area (Å²) in [4.78, 5) is 26.2. The molecule has 0 aromatic heterocycles. The second kappa shape index (κ2) is 11.8. The number of nitriles is 1. The van der Waals surface area contributed by atoms with E-state index in [2.05, 4.69) is 32.2 Å². The number of carbonyl (C=O) groups excluding carboxylic acids is 2. The van der Waals surface area contributed by atoms with E-state index in [-0.39, 0.29) is 36.5 Å². The van der Waals surface area contributed by atoms with E-state index in [1.165, 1.54) is 5.56 Å². The fourth-order valence-corrected chi connectivity index (χ4v) is 3.02. The van der Waals surface area contributed by atoms with E-state index in [0.717, 1.165) is 11.4 Å². The van der Waals surface area contributed by atoms with Crippen molar-refractivity contribution >= 4 is 17.5 Å². The molecule has 0 aliphatic rings. The van der Waals surface area contributed by atoms with E-state index in [0.29, 0.717) is 19.7 Å². The van der Waals surface area contributed by atoms with Gasteiger partial charge in [-0.25, -0.2) is 0 Å². The highest BCUT2D eigenvalue weighted by molar-refractivity contribution is 5.95. The van der Waals surface area contributed by atoms with Crippen molar-refractivity contribution in [2.75, 3.05) is 24.6 Å². The van der Waals surface area contributed by atoms with Crippen LogP contribution in [0.4, 0.5) is 5.69 Å². The summed E-state index contributed by atoms with van der Waals surface area (Å²) in [5.74, 6) is 0.383. The van der Waals surface area contributed by atoms with E-state index in [1.807, 2.05) is 54.6 Å². The average molecular weight is 422 g/mol. The van der Waals surface area contributed by atoms with Gasteiger partial charge in [0.25, 0.3) is 0 Å². The predicted octanol–water partition coefficient (Wildman–Crippen LogP) is 4.21. The normalized spacial score (nSPS) is 10.8. The van der Waals surface area contributed by atoms with Crippen LogP contribution in [0.2, 0.25) is 0 Å². The minimum absolute atomic E-state index is 0.0846. The monoisotopic (exact) mass is 421 g/mol. The minimum atomic E-state index is -0.201. The van der Waals surface area contributed by atoms with Crippen molar-refractivity contribution < 1.29 is 14.3 Å². The van der Waals surface area contributed by atoms with Crippen molar-refractivity contribution in [3.63, 3.8) is 0 Å². The zero-order chi connectivity index (χ0) is 22.7. The predicted molar refractivity (Wildman–Crippen MR) is 122 cm³/mol. The number of anilines is 1. The molecule has 0 radical (unpaired) electrons. The number of benzene rings is 2. The zero-order valence-electron chi connectivity index (χ0n) is 18.6. The van der Waals surface area contributed by atoms with E-state index < -0.39 is 0 Å². The quantitative estimate of drug-likeness (QED) is 0.583. The number of nitrogens with one attached hydrogen (secondary N) is 1. The van der Waals surface area contributed by atoms with Gasteiger partial charge in [-0.05, 0) is 35.2 Å². The van der Waals surface area contributed by atoms with Crippen LogP contribution in [0.25, 0.3) is 0 Å². The number of rotatable bonds is 10. The number of carbonyl (C=O) groups is 2. The standard InChI is InChI=1S/C25H31N3O3/c1-25(2,3)20-10-12-22(13-11-20)31-19-17-27-23(29)14-15-24(30)28(18-7-16-26)21-8-5-4-6-9-21/h4-6,8-13H,7,14-15,17-19H2,1-3H3,(H,27,29). The molecular weight excluding hydrogens is 390 g/mol. The van der Waals surface area contributed by atoms with E-state index in [1.54, 1.807) is 4.90 Å². The fourth-order valence-electron chi connectivity index (χ4n) is 3.02. The molecular formula is C25H31N3O3. The first-order valence-electron chi connectivity index (χ1n) is 10.5. The van der Waals surface area contributed by atoms with Crippen molar-refractivity contribution in [1.29, 1.82) is 5.26 Å². The Bertz CT molecular complexity index is 881. The van der Waals surface area contributed by atoms with E-state index in [4.69, 9.17) is 10.00 Å². The van der Waals surface area contributed by atoms with Gasteiger partial charge in [0, 0.05) is 25.1 Å². The number of hydrogen-bond acceptors (Lipinski definition) is 4. The van der Waals surface area contributed by atoms with Crippen molar-refractivity contribution in [2.24, 2.45) is 0 Å². The van der Waals surface area contributed by atoms with Crippen LogP contribution in [0.3, 0.4) is 0 Å². The number of ether oxygens (including phenoxy) is 1. The van der Waals surface area contributed by atoms with Gasteiger partial charge in [-0.1, -0.05) is 51.1 Å². The molecule has 6 nitrogen and oxygen atoms in total. The molecule has 2 rings (SSSR count). The molecule has 0 spiro atoms. The molecule has 0 aliphatic heterocycles. The molecule has 1 N–H and O–H groups in total. The average Bonchev–Trinajstić information content (AvgIpc) is 2.76. The molecule has 2 aromatic carbocycles. The van der Waals surface area contributed by atoms with Crippen LogP contribution in [-0.4, -0.2) is 31.5 Å². The number of amides is 2. The summed E-state index contributed by atoms with van der Waals surface area (Å²) in [5, 5.41) is 11.6. The van der Waals surface area contributed by atoms with Gasteiger partial charge in [0.15, 0.2) is 0 Å². The van der Waals surface area contributed by atoms with Crippen LogP contribution >= 0.6 is 0 Å². The Morgan fingerprint density at radius 1 is 1.03 bits per heavy atom. The first kappa shape index (κ1) is 23.9. The fraction of sp³-hybridized carbons (Fsp3) is 0.400.